The summed E-state index contributed by atoms with van der Waals surface area (Å²) in [5.41, 5.74) is 1.89. The summed E-state index contributed by atoms with van der Waals surface area (Å²) in [5, 5.41) is 1.65. The van der Waals surface area contributed by atoms with E-state index in [4.69, 9.17) is 0 Å². The number of benzene rings is 2. The Hall–Kier alpha value is -3.34. The Morgan fingerprint density at radius 3 is 2.28 bits per heavy atom. The molecule has 0 aliphatic carbocycles. The maximum atomic E-state index is 12.7. The number of carbonyl (C=O) groups excluding carboxylic acids is 2. The number of carbonyl (C=O) groups is 2. The fourth-order valence-electron chi connectivity index (χ4n) is 3.05. The van der Waals surface area contributed by atoms with E-state index >= 15 is 0 Å². The number of imide groups is 1. The number of aromatic nitrogens is 1. The lowest BCUT2D eigenvalue weighted by atomic mass is 9.94. The van der Waals surface area contributed by atoms with Gasteiger partial charge in [0, 0.05) is 35.5 Å². The number of rotatable bonds is 4. The van der Waals surface area contributed by atoms with Gasteiger partial charge in [-0.3, -0.25) is 24.5 Å². The van der Waals surface area contributed by atoms with Gasteiger partial charge in [-0.2, -0.15) is 0 Å². The fourth-order valence-corrected chi connectivity index (χ4v) is 3.05. The highest BCUT2D eigenvalue weighted by atomic mass is 16.2. The van der Waals surface area contributed by atoms with Gasteiger partial charge in [0.25, 0.3) is 11.8 Å². The molecule has 1 aromatic heterocycles. The molecule has 0 unspecified atom stereocenters. The van der Waals surface area contributed by atoms with Crippen LogP contribution < -0.4 is 0 Å². The van der Waals surface area contributed by atoms with Crippen LogP contribution in [-0.2, 0) is 0 Å². The third kappa shape index (κ3) is 2.70. The van der Waals surface area contributed by atoms with E-state index in [1.807, 2.05) is 42.5 Å². The summed E-state index contributed by atoms with van der Waals surface area (Å²) in [5.74, 6) is -0.523. The van der Waals surface area contributed by atoms with Crippen molar-refractivity contribution in [3.8, 4) is 0 Å². The summed E-state index contributed by atoms with van der Waals surface area (Å²) in [7, 11) is 0. The van der Waals surface area contributed by atoms with Gasteiger partial charge in [0.2, 0.25) is 0 Å². The molecule has 4 rings (SSSR count). The van der Waals surface area contributed by atoms with Crippen molar-refractivity contribution in [3.63, 3.8) is 0 Å². The molecule has 2 aromatic carbocycles. The number of hydrogen-bond acceptors (Lipinski definition) is 4. The third-order valence-corrected chi connectivity index (χ3v) is 4.22. The maximum absolute atomic E-state index is 12.7. The third-order valence-electron chi connectivity index (χ3n) is 4.22. The summed E-state index contributed by atoms with van der Waals surface area (Å²) >= 11 is 0. The van der Waals surface area contributed by atoms with E-state index in [1.165, 1.54) is 4.90 Å². The minimum atomic E-state index is -0.262. The molecule has 0 radical (unpaired) electrons. The van der Waals surface area contributed by atoms with Crippen molar-refractivity contribution in [3.05, 3.63) is 77.6 Å². The Kier molecular flexibility index (Phi) is 3.82. The number of pyridine rings is 1. The number of hydrogen-bond donors (Lipinski definition) is 0. The quantitative estimate of drug-likeness (QED) is 0.546. The molecule has 0 spiro atoms. The van der Waals surface area contributed by atoms with E-state index in [0.29, 0.717) is 17.7 Å². The largest absolute Gasteiger partial charge is 0.289 e. The molecule has 3 aromatic rings. The average molecular weight is 329 g/mol. The molecule has 1 aliphatic heterocycles. The van der Waals surface area contributed by atoms with Crippen LogP contribution in [0.3, 0.4) is 0 Å². The first-order valence-corrected chi connectivity index (χ1v) is 8.04. The lowest BCUT2D eigenvalue weighted by Crippen LogP contribution is -2.41. The second-order valence-corrected chi connectivity index (χ2v) is 5.76. The maximum Gasteiger partial charge on any atom is 0.261 e. The van der Waals surface area contributed by atoms with E-state index < -0.39 is 0 Å². The fraction of sp³-hybridized carbons (Fsp3) is 0.100. The van der Waals surface area contributed by atoms with E-state index in [-0.39, 0.29) is 18.4 Å². The zero-order valence-corrected chi connectivity index (χ0v) is 13.4. The summed E-state index contributed by atoms with van der Waals surface area (Å²) in [4.78, 5) is 35.1. The van der Waals surface area contributed by atoms with Crippen molar-refractivity contribution < 1.29 is 9.59 Å². The van der Waals surface area contributed by atoms with Crippen LogP contribution in [0.4, 0.5) is 0 Å². The molecule has 0 N–H and O–H groups in total. The van der Waals surface area contributed by atoms with Crippen LogP contribution in [-0.4, -0.2) is 41.0 Å². The van der Waals surface area contributed by atoms with E-state index in [9.17, 15) is 9.59 Å². The molecule has 5 heteroatoms. The smallest absolute Gasteiger partial charge is 0.261 e. The predicted octanol–water partition coefficient (Wildman–Crippen LogP) is 2.95. The molecule has 5 nitrogen and oxygen atoms in total. The Morgan fingerprint density at radius 2 is 1.64 bits per heavy atom. The first kappa shape index (κ1) is 15.2. The van der Waals surface area contributed by atoms with Gasteiger partial charge in [-0.15, -0.1) is 0 Å². The molecule has 122 valence electrons. The number of aliphatic imine (C=N–C) groups is 1. The summed E-state index contributed by atoms with van der Waals surface area (Å²) in [6.45, 7) is 0.581. The Balaban J connectivity index is 1.57. The highest BCUT2D eigenvalue weighted by molar-refractivity contribution is 6.25. The van der Waals surface area contributed by atoms with Gasteiger partial charge in [-0.25, -0.2) is 0 Å². The molecule has 0 saturated heterocycles. The van der Waals surface area contributed by atoms with Gasteiger partial charge >= 0.3 is 0 Å². The van der Waals surface area contributed by atoms with Gasteiger partial charge in [0.05, 0.1) is 12.2 Å². The van der Waals surface area contributed by atoms with Crippen molar-refractivity contribution in [2.45, 2.75) is 0 Å². The topological polar surface area (TPSA) is 62.6 Å². The second kappa shape index (κ2) is 6.28. The number of amides is 2. The second-order valence-electron chi connectivity index (χ2n) is 5.76. The Morgan fingerprint density at radius 1 is 0.920 bits per heavy atom. The highest BCUT2D eigenvalue weighted by Gasteiger charge is 2.31. The van der Waals surface area contributed by atoms with Crippen LogP contribution in [0.25, 0.3) is 10.8 Å². The molecular weight excluding hydrogens is 314 g/mol. The summed E-state index contributed by atoms with van der Waals surface area (Å²) < 4.78 is 0. The minimum Gasteiger partial charge on any atom is -0.289 e. The lowest BCUT2D eigenvalue weighted by molar-refractivity contribution is 0.0615. The van der Waals surface area contributed by atoms with Crippen LogP contribution in [0.2, 0.25) is 0 Å². The van der Waals surface area contributed by atoms with E-state index in [2.05, 4.69) is 9.98 Å². The molecular formula is C20H15N3O2. The van der Waals surface area contributed by atoms with Crippen molar-refractivity contribution in [2.75, 3.05) is 13.1 Å². The molecule has 0 saturated carbocycles. The normalized spacial score (nSPS) is 13.8. The summed E-state index contributed by atoms with van der Waals surface area (Å²) in [6.07, 6.45) is 3.34. The zero-order chi connectivity index (χ0) is 17.2. The van der Waals surface area contributed by atoms with Gasteiger partial charge in [-0.1, -0.05) is 30.3 Å². The van der Waals surface area contributed by atoms with Gasteiger partial charge in [0.1, 0.15) is 0 Å². The first-order valence-electron chi connectivity index (χ1n) is 8.04. The van der Waals surface area contributed by atoms with E-state index in [0.717, 1.165) is 16.5 Å². The molecule has 0 fully saturated rings. The predicted molar refractivity (Wildman–Crippen MR) is 96.0 cm³/mol. The van der Waals surface area contributed by atoms with Crippen LogP contribution in [0.15, 0.2) is 65.8 Å². The molecule has 2 amide bonds. The van der Waals surface area contributed by atoms with Crippen molar-refractivity contribution in [1.29, 1.82) is 0 Å². The van der Waals surface area contributed by atoms with Crippen LogP contribution in [0, 0.1) is 0 Å². The number of nitrogens with zero attached hydrogens (tertiary/aromatic N) is 3. The molecule has 25 heavy (non-hydrogen) atoms. The molecule has 0 bridgehead atoms. The molecule has 0 atom stereocenters. The van der Waals surface area contributed by atoms with Gasteiger partial charge < -0.3 is 0 Å². The van der Waals surface area contributed by atoms with Crippen molar-refractivity contribution in [2.24, 2.45) is 4.99 Å². The van der Waals surface area contributed by atoms with Crippen LogP contribution in [0.1, 0.15) is 26.4 Å². The van der Waals surface area contributed by atoms with Gasteiger partial charge in [0.15, 0.2) is 0 Å². The Labute approximate surface area is 144 Å². The van der Waals surface area contributed by atoms with Crippen LogP contribution >= 0.6 is 0 Å². The van der Waals surface area contributed by atoms with Crippen LogP contribution in [0.5, 0.6) is 0 Å². The average Bonchev–Trinajstić information content (AvgIpc) is 2.66. The SMILES string of the molecule is O=C1c2cccc3cccc(c23)C(=O)N1CCN=Cc1ccccn1. The molecule has 1 aliphatic rings. The lowest BCUT2D eigenvalue weighted by Gasteiger charge is -2.26. The highest BCUT2D eigenvalue weighted by Crippen LogP contribution is 2.29. The van der Waals surface area contributed by atoms with Crippen molar-refractivity contribution >= 4 is 28.8 Å². The van der Waals surface area contributed by atoms with Gasteiger partial charge in [-0.05, 0) is 29.7 Å². The van der Waals surface area contributed by atoms with Crippen molar-refractivity contribution in [1.82, 2.24) is 9.88 Å². The Bertz CT molecular complexity index is 946. The monoisotopic (exact) mass is 329 g/mol. The minimum absolute atomic E-state index is 0.242. The van der Waals surface area contributed by atoms with E-state index in [1.54, 1.807) is 24.5 Å². The summed E-state index contributed by atoms with van der Waals surface area (Å²) in [6, 6.07) is 16.6. The first-order chi connectivity index (χ1) is 12.3. The standard InChI is InChI=1S/C20H15N3O2/c24-19-16-8-3-5-14-6-4-9-17(18(14)16)20(25)23(19)12-11-21-13-15-7-1-2-10-22-15/h1-10,13H,11-12H2. The zero-order valence-electron chi connectivity index (χ0n) is 13.4. The molecule has 2 heterocycles.